The van der Waals surface area contributed by atoms with Crippen LogP contribution < -0.4 is 0 Å². The largest absolute Gasteiger partial charge is 0.465 e. The van der Waals surface area contributed by atoms with Gasteiger partial charge >= 0.3 is 5.97 Å². The maximum Gasteiger partial charge on any atom is 0.315 e. The van der Waals surface area contributed by atoms with E-state index in [4.69, 9.17) is 4.74 Å². The number of fused-ring (bicyclic) bond motifs is 1. The van der Waals surface area contributed by atoms with Gasteiger partial charge in [-0.15, -0.1) is 11.3 Å². The number of nitrogens with zero attached hydrogens (tertiary/aromatic N) is 1. The molecule has 0 spiro atoms. The minimum Gasteiger partial charge on any atom is -0.465 e. The van der Waals surface area contributed by atoms with Crippen molar-refractivity contribution in [3.63, 3.8) is 0 Å². The van der Waals surface area contributed by atoms with Crippen LogP contribution >= 0.6 is 11.3 Å². The predicted molar refractivity (Wildman–Crippen MR) is 73.9 cm³/mol. The van der Waals surface area contributed by atoms with Gasteiger partial charge in [-0.25, -0.2) is 9.37 Å². The van der Waals surface area contributed by atoms with E-state index in [1.807, 2.05) is 6.92 Å². The van der Waals surface area contributed by atoms with Crippen LogP contribution in [0.2, 0.25) is 0 Å². The van der Waals surface area contributed by atoms with Gasteiger partial charge in [0.25, 0.3) is 0 Å². The average Bonchev–Trinajstić information content (AvgIpc) is 2.78. The fraction of sp³-hybridized carbons (Fsp3) is 0.429. The Bertz CT molecular complexity index is 582. The van der Waals surface area contributed by atoms with E-state index < -0.39 is 0 Å². The van der Waals surface area contributed by atoms with Crippen LogP contribution in [-0.4, -0.2) is 17.6 Å². The molecule has 0 bridgehead atoms. The summed E-state index contributed by atoms with van der Waals surface area (Å²) in [5.41, 5.74) is 0.602. The summed E-state index contributed by atoms with van der Waals surface area (Å²) in [5, 5.41) is 0.709. The first kappa shape index (κ1) is 13.9. The Hall–Kier alpha value is -1.49. The second-order valence-corrected chi connectivity index (χ2v) is 5.32. The average molecular weight is 281 g/mol. The third-order valence-corrected chi connectivity index (χ3v) is 3.96. The zero-order valence-corrected chi connectivity index (χ0v) is 11.8. The van der Waals surface area contributed by atoms with E-state index in [1.165, 1.54) is 23.5 Å². The highest BCUT2D eigenvalue weighted by Crippen LogP contribution is 2.31. The molecule has 2 rings (SSSR count). The number of ether oxygens (including phenoxy) is 1. The Morgan fingerprint density at radius 1 is 1.47 bits per heavy atom. The van der Waals surface area contributed by atoms with Gasteiger partial charge in [0.05, 0.1) is 16.8 Å². The van der Waals surface area contributed by atoms with Gasteiger partial charge in [-0.1, -0.05) is 13.3 Å². The molecule has 2 aromatic rings. The van der Waals surface area contributed by atoms with E-state index in [9.17, 15) is 9.18 Å². The summed E-state index contributed by atoms with van der Waals surface area (Å²) in [6.07, 6.45) is 1.56. The van der Waals surface area contributed by atoms with Crippen LogP contribution in [0, 0.1) is 5.82 Å². The molecular formula is C14H16FNO2S. The summed E-state index contributed by atoms with van der Waals surface area (Å²) >= 11 is 1.43. The van der Waals surface area contributed by atoms with Crippen molar-refractivity contribution < 1.29 is 13.9 Å². The van der Waals surface area contributed by atoms with Crippen molar-refractivity contribution in [1.82, 2.24) is 4.98 Å². The number of halogens is 1. The van der Waals surface area contributed by atoms with Gasteiger partial charge in [-0.2, -0.15) is 0 Å². The summed E-state index contributed by atoms with van der Waals surface area (Å²) in [4.78, 5) is 16.3. The Morgan fingerprint density at radius 2 is 2.26 bits per heavy atom. The molecule has 1 unspecified atom stereocenters. The lowest BCUT2D eigenvalue weighted by Crippen LogP contribution is -2.15. The topological polar surface area (TPSA) is 39.2 Å². The second-order valence-electron chi connectivity index (χ2n) is 4.26. The number of carbonyl (C=O) groups excluding carboxylic acids is 1. The maximum atomic E-state index is 13.1. The van der Waals surface area contributed by atoms with Crippen molar-refractivity contribution in [2.75, 3.05) is 6.61 Å². The minimum absolute atomic E-state index is 0.246. The first-order chi connectivity index (χ1) is 9.15. The lowest BCUT2D eigenvalue weighted by atomic mass is 10.1. The Morgan fingerprint density at radius 3 is 2.95 bits per heavy atom. The van der Waals surface area contributed by atoms with Gasteiger partial charge in [0.1, 0.15) is 16.7 Å². The molecule has 0 aliphatic carbocycles. The van der Waals surface area contributed by atoms with Crippen LogP contribution in [0.1, 0.15) is 37.6 Å². The number of hydrogen-bond acceptors (Lipinski definition) is 4. The van der Waals surface area contributed by atoms with Gasteiger partial charge in [0.15, 0.2) is 0 Å². The molecule has 1 heterocycles. The molecule has 0 saturated heterocycles. The van der Waals surface area contributed by atoms with Crippen LogP contribution in [0.5, 0.6) is 0 Å². The third-order valence-electron chi connectivity index (χ3n) is 2.81. The molecule has 0 N–H and O–H groups in total. The highest BCUT2D eigenvalue weighted by molar-refractivity contribution is 7.18. The van der Waals surface area contributed by atoms with Crippen molar-refractivity contribution in [2.24, 2.45) is 0 Å². The normalized spacial score (nSPS) is 12.6. The molecule has 1 aromatic carbocycles. The number of thiazole rings is 1. The van der Waals surface area contributed by atoms with Gasteiger partial charge in [-0.05, 0) is 25.5 Å². The molecule has 3 nitrogen and oxygen atoms in total. The quantitative estimate of drug-likeness (QED) is 0.781. The van der Waals surface area contributed by atoms with Crippen LogP contribution in [0.25, 0.3) is 10.2 Å². The maximum absolute atomic E-state index is 13.1. The molecule has 102 valence electrons. The molecular weight excluding hydrogens is 265 g/mol. The van der Waals surface area contributed by atoms with E-state index >= 15 is 0 Å². The van der Waals surface area contributed by atoms with Crippen LogP contribution in [0.15, 0.2) is 18.2 Å². The fourth-order valence-corrected chi connectivity index (χ4v) is 3.01. The van der Waals surface area contributed by atoms with E-state index in [0.717, 1.165) is 11.1 Å². The highest BCUT2D eigenvalue weighted by atomic mass is 32.1. The number of aromatic nitrogens is 1. The molecule has 5 heteroatoms. The molecule has 1 aromatic heterocycles. The summed E-state index contributed by atoms with van der Waals surface area (Å²) < 4.78 is 19.1. The van der Waals surface area contributed by atoms with Crippen LogP contribution in [0.3, 0.4) is 0 Å². The summed E-state index contributed by atoms with van der Waals surface area (Å²) in [5.74, 6) is -0.901. The van der Waals surface area contributed by atoms with Gasteiger partial charge in [-0.3, -0.25) is 4.79 Å². The monoisotopic (exact) mass is 281 g/mol. The standard InChI is InChI=1S/C14H16FNO2S/c1-3-5-10(14(17)18-4-2)13-16-11-8-9(15)6-7-12(11)19-13/h6-8,10H,3-5H2,1-2H3. The van der Waals surface area contributed by atoms with E-state index in [0.29, 0.717) is 23.6 Å². The number of esters is 1. The molecule has 0 saturated carbocycles. The second kappa shape index (κ2) is 6.10. The van der Waals surface area contributed by atoms with E-state index in [2.05, 4.69) is 4.98 Å². The van der Waals surface area contributed by atoms with Gasteiger partial charge in [0.2, 0.25) is 0 Å². The zero-order valence-electron chi connectivity index (χ0n) is 11.0. The van der Waals surface area contributed by atoms with Crippen LogP contribution in [0.4, 0.5) is 4.39 Å². The number of rotatable bonds is 5. The lowest BCUT2D eigenvalue weighted by molar-refractivity contribution is -0.145. The van der Waals surface area contributed by atoms with Crippen molar-refractivity contribution in [3.8, 4) is 0 Å². The Kier molecular flexibility index (Phi) is 4.47. The fourth-order valence-electron chi connectivity index (χ4n) is 1.94. The van der Waals surface area contributed by atoms with Crippen molar-refractivity contribution in [2.45, 2.75) is 32.6 Å². The predicted octanol–water partition coefficient (Wildman–Crippen LogP) is 3.88. The van der Waals surface area contributed by atoms with Gasteiger partial charge < -0.3 is 4.74 Å². The highest BCUT2D eigenvalue weighted by Gasteiger charge is 2.24. The van der Waals surface area contributed by atoms with Gasteiger partial charge in [0, 0.05) is 6.07 Å². The first-order valence-corrected chi connectivity index (χ1v) is 7.20. The third kappa shape index (κ3) is 3.10. The smallest absolute Gasteiger partial charge is 0.315 e. The Balaban J connectivity index is 2.35. The summed E-state index contributed by atoms with van der Waals surface area (Å²) in [7, 11) is 0. The molecule has 0 amide bonds. The van der Waals surface area contributed by atoms with Crippen molar-refractivity contribution in [3.05, 3.63) is 29.0 Å². The van der Waals surface area contributed by atoms with Crippen molar-refractivity contribution >= 4 is 27.5 Å². The van der Waals surface area contributed by atoms with E-state index in [-0.39, 0.29) is 17.7 Å². The first-order valence-electron chi connectivity index (χ1n) is 6.38. The zero-order chi connectivity index (χ0) is 13.8. The summed E-state index contributed by atoms with van der Waals surface area (Å²) in [6.45, 7) is 4.16. The lowest BCUT2D eigenvalue weighted by Gasteiger charge is -2.11. The molecule has 0 radical (unpaired) electrons. The minimum atomic E-state index is -0.342. The molecule has 19 heavy (non-hydrogen) atoms. The molecule has 0 aliphatic rings. The molecule has 1 atom stereocenters. The van der Waals surface area contributed by atoms with E-state index in [1.54, 1.807) is 13.0 Å². The molecule has 0 fully saturated rings. The SMILES string of the molecule is CCCC(C(=O)OCC)c1nc2cc(F)ccc2s1. The number of hydrogen-bond donors (Lipinski definition) is 0. The number of carbonyl (C=O) groups is 1. The van der Waals surface area contributed by atoms with Crippen LogP contribution in [-0.2, 0) is 9.53 Å². The van der Waals surface area contributed by atoms with Crippen molar-refractivity contribution in [1.29, 1.82) is 0 Å². The number of benzene rings is 1. The Labute approximate surface area is 115 Å². The molecule has 0 aliphatic heterocycles. The summed E-state index contributed by atoms with van der Waals surface area (Å²) in [6, 6.07) is 4.49.